The van der Waals surface area contributed by atoms with E-state index in [0.717, 1.165) is 25.0 Å². The van der Waals surface area contributed by atoms with Crippen LogP contribution in [-0.4, -0.2) is 48.1 Å². The van der Waals surface area contributed by atoms with Crippen molar-refractivity contribution < 1.29 is 18.0 Å². The van der Waals surface area contributed by atoms with Gasteiger partial charge >= 0.3 is 6.18 Å². The van der Waals surface area contributed by atoms with Crippen LogP contribution in [0.25, 0.3) is 0 Å². The number of likely N-dealkylation sites (tertiary alicyclic amines) is 1. The van der Waals surface area contributed by atoms with Crippen LogP contribution in [0.2, 0.25) is 0 Å². The molecule has 134 valence electrons. The summed E-state index contributed by atoms with van der Waals surface area (Å²) in [7, 11) is 0. The Kier molecular flexibility index (Phi) is 6.21. The molecular formula is C17H24F3N3O. The van der Waals surface area contributed by atoms with Crippen molar-refractivity contribution in [1.29, 1.82) is 0 Å². The number of carbonyl (C=O) groups excluding carboxylic acids is 1. The molecule has 1 amide bonds. The Morgan fingerprint density at radius 1 is 1.29 bits per heavy atom. The number of rotatable bonds is 5. The maximum absolute atomic E-state index is 12.4. The number of amides is 1. The molecule has 1 aliphatic rings. The van der Waals surface area contributed by atoms with Crippen LogP contribution in [-0.2, 0) is 0 Å². The molecule has 1 saturated heterocycles. The first-order valence-corrected chi connectivity index (χ1v) is 8.26. The summed E-state index contributed by atoms with van der Waals surface area (Å²) in [6.45, 7) is 4.34. The van der Waals surface area contributed by atoms with Crippen molar-refractivity contribution in [3.05, 3.63) is 29.1 Å². The lowest BCUT2D eigenvalue weighted by atomic mass is 9.93. The Morgan fingerprint density at radius 2 is 1.96 bits per heavy atom. The Balaban J connectivity index is 1.70. The quantitative estimate of drug-likeness (QED) is 0.894. The van der Waals surface area contributed by atoms with Crippen LogP contribution in [0.5, 0.6) is 0 Å². The zero-order valence-corrected chi connectivity index (χ0v) is 14.1. The maximum Gasteiger partial charge on any atom is 0.401 e. The average molecular weight is 343 g/mol. The average Bonchev–Trinajstić information content (AvgIpc) is 2.47. The fourth-order valence-corrected chi connectivity index (χ4v) is 3.10. The number of nitrogens with zero attached hydrogens (tertiary/aromatic N) is 2. The van der Waals surface area contributed by atoms with Gasteiger partial charge < -0.3 is 5.32 Å². The first kappa shape index (κ1) is 18.7. The Hall–Kier alpha value is -1.63. The molecule has 24 heavy (non-hydrogen) atoms. The van der Waals surface area contributed by atoms with Crippen LogP contribution in [0.3, 0.4) is 0 Å². The van der Waals surface area contributed by atoms with Crippen LogP contribution in [0, 0.1) is 19.8 Å². The standard InChI is InChI=1S/C17H24F3N3O/c1-12-3-4-15(13(2)22-12)16(24)21-8-5-14-6-9-23(10-7-14)11-17(18,19)20/h3-4,14H,5-11H2,1-2H3,(H,21,24). The molecule has 0 spiro atoms. The fraction of sp³-hybridized carbons (Fsp3) is 0.647. The number of carbonyl (C=O) groups is 1. The number of aryl methyl sites for hydroxylation is 2. The van der Waals surface area contributed by atoms with Gasteiger partial charge in [-0.1, -0.05) is 0 Å². The van der Waals surface area contributed by atoms with Gasteiger partial charge in [0.15, 0.2) is 0 Å². The van der Waals surface area contributed by atoms with E-state index in [9.17, 15) is 18.0 Å². The number of alkyl halides is 3. The topological polar surface area (TPSA) is 45.2 Å². The molecule has 0 atom stereocenters. The smallest absolute Gasteiger partial charge is 0.352 e. The summed E-state index contributed by atoms with van der Waals surface area (Å²) in [5.74, 6) is 0.224. The lowest BCUT2D eigenvalue weighted by Crippen LogP contribution is -2.40. The van der Waals surface area contributed by atoms with Crippen molar-refractivity contribution in [2.75, 3.05) is 26.2 Å². The normalized spacial score (nSPS) is 17.0. The highest BCUT2D eigenvalue weighted by Gasteiger charge is 2.32. The van der Waals surface area contributed by atoms with E-state index in [0.29, 0.717) is 36.8 Å². The minimum atomic E-state index is -4.12. The number of pyridine rings is 1. The third-order valence-electron chi connectivity index (χ3n) is 4.42. The molecule has 0 saturated carbocycles. The van der Waals surface area contributed by atoms with Gasteiger partial charge in [0.2, 0.25) is 0 Å². The van der Waals surface area contributed by atoms with Crippen LogP contribution in [0.1, 0.15) is 41.0 Å². The van der Waals surface area contributed by atoms with Gasteiger partial charge in [-0.15, -0.1) is 0 Å². The molecule has 1 aliphatic heterocycles. The van der Waals surface area contributed by atoms with E-state index in [1.54, 1.807) is 19.1 Å². The van der Waals surface area contributed by atoms with Crippen LogP contribution in [0.4, 0.5) is 13.2 Å². The van der Waals surface area contributed by atoms with E-state index in [1.165, 1.54) is 4.90 Å². The van der Waals surface area contributed by atoms with Crippen molar-refractivity contribution in [1.82, 2.24) is 15.2 Å². The van der Waals surface area contributed by atoms with Crippen molar-refractivity contribution in [3.63, 3.8) is 0 Å². The third-order valence-corrected chi connectivity index (χ3v) is 4.42. The van der Waals surface area contributed by atoms with E-state index < -0.39 is 12.7 Å². The van der Waals surface area contributed by atoms with Crippen LogP contribution >= 0.6 is 0 Å². The molecular weight excluding hydrogens is 319 g/mol. The van der Waals surface area contributed by atoms with E-state index in [2.05, 4.69) is 10.3 Å². The Bertz CT molecular complexity index is 567. The summed E-state index contributed by atoms with van der Waals surface area (Å²) in [6, 6.07) is 3.57. The summed E-state index contributed by atoms with van der Waals surface area (Å²) in [5.41, 5.74) is 2.14. The molecule has 0 aliphatic carbocycles. The summed E-state index contributed by atoms with van der Waals surface area (Å²) < 4.78 is 37.1. The lowest BCUT2D eigenvalue weighted by molar-refractivity contribution is -0.148. The summed E-state index contributed by atoms with van der Waals surface area (Å²) >= 11 is 0. The predicted molar refractivity (Wildman–Crippen MR) is 85.9 cm³/mol. The van der Waals surface area contributed by atoms with Crippen LogP contribution in [0.15, 0.2) is 12.1 Å². The maximum atomic E-state index is 12.4. The number of halogens is 3. The van der Waals surface area contributed by atoms with Gasteiger partial charge in [0.05, 0.1) is 17.8 Å². The van der Waals surface area contributed by atoms with Crippen molar-refractivity contribution in [2.24, 2.45) is 5.92 Å². The van der Waals surface area contributed by atoms with Gasteiger partial charge in [0, 0.05) is 12.2 Å². The van der Waals surface area contributed by atoms with Gasteiger partial charge in [-0.05, 0) is 64.3 Å². The number of hydrogen-bond donors (Lipinski definition) is 1. The first-order chi connectivity index (χ1) is 11.2. The number of nitrogens with one attached hydrogen (secondary N) is 1. The first-order valence-electron chi connectivity index (χ1n) is 8.26. The molecule has 7 heteroatoms. The molecule has 1 fully saturated rings. The Morgan fingerprint density at radius 3 is 2.54 bits per heavy atom. The second-order valence-corrected chi connectivity index (χ2v) is 6.46. The highest BCUT2D eigenvalue weighted by molar-refractivity contribution is 5.95. The summed E-state index contributed by atoms with van der Waals surface area (Å²) in [5, 5.41) is 2.88. The van der Waals surface area contributed by atoms with E-state index in [1.807, 2.05) is 6.92 Å². The fourth-order valence-electron chi connectivity index (χ4n) is 3.10. The second kappa shape index (κ2) is 7.96. The highest BCUT2D eigenvalue weighted by Crippen LogP contribution is 2.24. The van der Waals surface area contributed by atoms with Gasteiger partial charge in [0.1, 0.15) is 0 Å². The van der Waals surface area contributed by atoms with Crippen molar-refractivity contribution >= 4 is 5.91 Å². The molecule has 0 radical (unpaired) electrons. The SMILES string of the molecule is Cc1ccc(C(=O)NCCC2CCN(CC(F)(F)F)CC2)c(C)n1. The molecule has 0 unspecified atom stereocenters. The number of aromatic nitrogens is 1. The zero-order chi connectivity index (χ0) is 17.7. The molecule has 2 rings (SSSR count). The lowest BCUT2D eigenvalue weighted by Gasteiger charge is -2.32. The highest BCUT2D eigenvalue weighted by atomic mass is 19.4. The minimum Gasteiger partial charge on any atom is -0.352 e. The summed E-state index contributed by atoms with van der Waals surface area (Å²) in [4.78, 5) is 17.9. The van der Waals surface area contributed by atoms with Crippen molar-refractivity contribution in [2.45, 2.75) is 39.3 Å². The van der Waals surface area contributed by atoms with Gasteiger partial charge in [-0.25, -0.2) is 0 Å². The van der Waals surface area contributed by atoms with Crippen LogP contribution < -0.4 is 5.32 Å². The van der Waals surface area contributed by atoms with Gasteiger partial charge in [-0.3, -0.25) is 14.7 Å². The number of hydrogen-bond acceptors (Lipinski definition) is 3. The molecule has 0 bridgehead atoms. The zero-order valence-electron chi connectivity index (χ0n) is 14.1. The predicted octanol–water partition coefficient (Wildman–Crippen LogP) is 3.09. The second-order valence-electron chi connectivity index (χ2n) is 6.46. The molecule has 2 heterocycles. The van der Waals surface area contributed by atoms with E-state index in [4.69, 9.17) is 0 Å². The monoisotopic (exact) mass is 343 g/mol. The molecule has 1 aromatic rings. The molecule has 1 N–H and O–H groups in total. The molecule has 0 aromatic carbocycles. The molecule has 4 nitrogen and oxygen atoms in total. The van der Waals surface area contributed by atoms with E-state index >= 15 is 0 Å². The number of piperidine rings is 1. The largest absolute Gasteiger partial charge is 0.401 e. The van der Waals surface area contributed by atoms with Gasteiger partial charge in [-0.2, -0.15) is 13.2 Å². The third kappa shape index (κ3) is 5.78. The molecule has 1 aromatic heterocycles. The Labute approximate surface area is 140 Å². The minimum absolute atomic E-state index is 0.144. The van der Waals surface area contributed by atoms with E-state index in [-0.39, 0.29) is 5.91 Å². The van der Waals surface area contributed by atoms with Gasteiger partial charge in [0.25, 0.3) is 5.91 Å². The summed E-state index contributed by atoms with van der Waals surface area (Å²) in [6.07, 6.45) is -1.83. The van der Waals surface area contributed by atoms with Crippen molar-refractivity contribution in [3.8, 4) is 0 Å².